The molecule has 5 nitrogen and oxygen atoms in total. The largest absolute Gasteiger partial charge is 0.283 e. The average molecular weight is 479 g/mol. The maximum absolute atomic E-state index is 13.4. The molecule has 0 N–H and O–H groups in total. The summed E-state index contributed by atoms with van der Waals surface area (Å²) >= 11 is 1.52. The molecule has 170 valence electrons. The van der Waals surface area contributed by atoms with Crippen molar-refractivity contribution in [3.8, 4) is 0 Å². The highest BCUT2D eigenvalue weighted by Crippen LogP contribution is 2.31. The molecule has 0 aliphatic rings. The van der Waals surface area contributed by atoms with Gasteiger partial charge in [0.15, 0.2) is 15.0 Å². The molecule has 0 radical (unpaired) electrons. The minimum atomic E-state index is -3.27. The summed E-state index contributed by atoms with van der Waals surface area (Å²) in [5.41, 5.74) is 3.90. The van der Waals surface area contributed by atoms with Crippen molar-refractivity contribution in [2.45, 2.75) is 38.1 Å². The van der Waals surface area contributed by atoms with E-state index in [-0.39, 0.29) is 23.0 Å². The zero-order chi connectivity index (χ0) is 23.4. The van der Waals surface area contributed by atoms with Crippen LogP contribution in [0.2, 0.25) is 0 Å². The van der Waals surface area contributed by atoms with Crippen molar-refractivity contribution in [2.24, 2.45) is 0 Å². The summed E-state index contributed by atoms with van der Waals surface area (Å²) in [6.07, 6.45) is 1.11. The number of anilines is 1. The highest BCUT2D eigenvalue weighted by Gasteiger charge is 2.21. The van der Waals surface area contributed by atoms with Crippen LogP contribution in [0.25, 0.3) is 10.2 Å². The van der Waals surface area contributed by atoms with Crippen LogP contribution in [0.3, 0.4) is 0 Å². The molecule has 0 spiro atoms. The molecule has 0 saturated carbocycles. The molecule has 0 unspecified atom stereocenters. The monoisotopic (exact) mass is 478 g/mol. The number of hydrogen-bond acceptors (Lipinski definition) is 5. The first-order valence-corrected chi connectivity index (χ1v) is 13.4. The van der Waals surface area contributed by atoms with E-state index in [2.05, 4.69) is 19.1 Å². The van der Waals surface area contributed by atoms with Crippen LogP contribution in [0.15, 0.2) is 77.7 Å². The Kier molecular flexibility index (Phi) is 6.91. The lowest BCUT2D eigenvalue weighted by molar-refractivity contribution is -0.118. The van der Waals surface area contributed by atoms with Crippen molar-refractivity contribution >= 4 is 42.4 Å². The van der Waals surface area contributed by atoms with Crippen LogP contribution >= 0.6 is 11.3 Å². The first-order chi connectivity index (χ1) is 15.9. The van der Waals surface area contributed by atoms with Crippen molar-refractivity contribution in [3.63, 3.8) is 0 Å². The van der Waals surface area contributed by atoms with Gasteiger partial charge < -0.3 is 0 Å². The van der Waals surface area contributed by atoms with E-state index in [0.717, 1.165) is 27.8 Å². The van der Waals surface area contributed by atoms with Gasteiger partial charge in [-0.2, -0.15) is 0 Å². The topological polar surface area (TPSA) is 67.3 Å². The molecule has 3 aromatic carbocycles. The van der Waals surface area contributed by atoms with Crippen molar-refractivity contribution in [2.75, 3.05) is 10.7 Å². The smallest absolute Gasteiger partial charge is 0.233 e. The van der Waals surface area contributed by atoms with E-state index in [4.69, 9.17) is 4.98 Å². The highest BCUT2D eigenvalue weighted by atomic mass is 32.2. The second-order valence-electron chi connectivity index (χ2n) is 7.84. The van der Waals surface area contributed by atoms with Gasteiger partial charge >= 0.3 is 0 Å². The Bertz CT molecular complexity index is 1360. The minimum Gasteiger partial charge on any atom is -0.283 e. The molecular formula is C26H26N2O3S2. The van der Waals surface area contributed by atoms with Crippen molar-refractivity contribution in [3.05, 3.63) is 89.5 Å². The molecule has 0 fully saturated rings. The van der Waals surface area contributed by atoms with Gasteiger partial charge in [-0.05, 0) is 47.4 Å². The third kappa shape index (κ3) is 5.31. The van der Waals surface area contributed by atoms with Gasteiger partial charge in [0.05, 0.1) is 33.8 Å². The number of carbonyl (C=O) groups excluding carboxylic acids is 1. The summed E-state index contributed by atoms with van der Waals surface area (Å²) in [6, 6.07) is 22.6. The lowest BCUT2D eigenvalue weighted by atomic mass is 10.1. The van der Waals surface area contributed by atoms with Crippen LogP contribution in [0.5, 0.6) is 0 Å². The number of carbonyl (C=O) groups is 1. The number of rotatable bonds is 8. The Labute approximate surface area is 198 Å². The molecule has 0 atom stereocenters. The third-order valence-electron chi connectivity index (χ3n) is 5.58. The molecule has 0 aliphatic heterocycles. The first-order valence-electron chi connectivity index (χ1n) is 10.9. The predicted molar refractivity (Wildman–Crippen MR) is 135 cm³/mol. The summed E-state index contributed by atoms with van der Waals surface area (Å²) in [7, 11) is -3.27. The Morgan fingerprint density at radius 1 is 0.909 bits per heavy atom. The van der Waals surface area contributed by atoms with Gasteiger partial charge in [0, 0.05) is 0 Å². The maximum atomic E-state index is 13.4. The Hall–Kier alpha value is -3.03. The summed E-state index contributed by atoms with van der Waals surface area (Å²) < 4.78 is 25.2. The van der Waals surface area contributed by atoms with E-state index in [9.17, 15) is 13.2 Å². The molecule has 0 saturated heterocycles. The molecule has 1 amide bonds. The molecular weight excluding hydrogens is 452 g/mol. The molecule has 1 aromatic heterocycles. The Balaban J connectivity index is 1.64. The number of amides is 1. The molecule has 1 heterocycles. The van der Waals surface area contributed by atoms with E-state index >= 15 is 0 Å². The van der Waals surface area contributed by atoms with Gasteiger partial charge in [-0.25, -0.2) is 13.4 Å². The first kappa shape index (κ1) is 23.1. The number of nitrogens with zero attached hydrogens (tertiary/aromatic N) is 2. The van der Waals surface area contributed by atoms with Gasteiger partial charge in [-0.15, -0.1) is 0 Å². The van der Waals surface area contributed by atoms with Crippen LogP contribution in [-0.4, -0.2) is 25.1 Å². The highest BCUT2D eigenvalue weighted by molar-refractivity contribution is 7.91. The average Bonchev–Trinajstić information content (AvgIpc) is 3.26. The fraction of sp³-hybridized carbons (Fsp3) is 0.231. The van der Waals surface area contributed by atoms with E-state index in [1.807, 2.05) is 36.4 Å². The maximum Gasteiger partial charge on any atom is 0.233 e. The zero-order valence-electron chi connectivity index (χ0n) is 18.7. The number of aromatic nitrogens is 1. The van der Waals surface area contributed by atoms with Gasteiger partial charge in [-0.1, -0.05) is 73.7 Å². The number of thiazole rings is 1. The fourth-order valence-corrected chi connectivity index (χ4v) is 5.50. The quantitative estimate of drug-likeness (QED) is 0.339. The SMILES string of the molecule is CCc1ccc2nc(N(Cc3ccccc3)C(=O)Cc3ccc(S(=O)(=O)CC)cc3)sc2c1. The van der Waals surface area contributed by atoms with Crippen LogP contribution in [0, 0.1) is 0 Å². The molecule has 0 bridgehead atoms. The van der Waals surface area contributed by atoms with Gasteiger partial charge in [0.25, 0.3) is 0 Å². The second kappa shape index (κ2) is 9.85. The molecule has 7 heteroatoms. The van der Waals surface area contributed by atoms with E-state index < -0.39 is 9.84 Å². The van der Waals surface area contributed by atoms with Crippen LogP contribution in [-0.2, 0) is 34.0 Å². The number of hydrogen-bond donors (Lipinski definition) is 0. The van der Waals surface area contributed by atoms with Gasteiger partial charge in [-0.3, -0.25) is 9.69 Å². The van der Waals surface area contributed by atoms with Gasteiger partial charge in [0.1, 0.15) is 0 Å². The minimum absolute atomic E-state index is 0.0491. The molecule has 0 aliphatic carbocycles. The Morgan fingerprint density at radius 3 is 2.27 bits per heavy atom. The van der Waals surface area contributed by atoms with Crippen LogP contribution in [0.1, 0.15) is 30.5 Å². The lowest BCUT2D eigenvalue weighted by Crippen LogP contribution is -2.31. The lowest BCUT2D eigenvalue weighted by Gasteiger charge is -2.20. The standard InChI is InChI=1S/C26H26N2O3S2/c1-3-19-12-15-23-24(16-19)32-26(27-23)28(18-21-8-6-5-7-9-21)25(29)17-20-10-13-22(14-11-20)33(30,31)4-2/h5-16H,3-4,17-18H2,1-2H3. The second-order valence-corrected chi connectivity index (χ2v) is 11.1. The predicted octanol–water partition coefficient (Wildman–Crippen LogP) is 5.43. The molecule has 33 heavy (non-hydrogen) atoms. The number of benzene rings is 3. The molecule has 4 aromatic rings. The Morgan fingerprint density at radius 2 is 1.61 bits per heavy atom. The number of fused-ring (bicyclic) bond motifs is 1. The zero-order valence-corrected chi connectivity index (χ0v) is 20.3. The normalized spacial score (nSPS) is 11.6. The number of aryl methyl sites for hydroxylation is 1. The van der Waals surface area contributed by atoms with Crippen LogP contribution < -0.4 is 4.90 Å². The summed E-state index contributed by atoms with van der Waals surface area (Å²) in [4.78, 5) is 20.2. The van der Waals surface area contributed by atoms with Gasteiger partial charge in [0.2, 0.25) is 5.91 Å². The van der Waals surface area contributed by atoms with Crippen molar-refractivity contribution < 1.29 is 13.2 Å². The number of sulfone groups is 1. The summed E-state index contributed by atoms with van der Waals surface area (Å²) in [5, 5.41) is 0.664. The summed E-state index contributed by atoms with van der Waals surface area (Å²) in [5.74, 6) is -0.0345. The third-order valence-corrected chi connectivity index (χ3v) is 8.37. The van der Waals surface area contributed by atoms with Crippen molar-refractivity contribution in [1.82, 2.24) is 4.98 Å². The van der Waals surface area contributed by atoms with E-state index in [1.54, 1.807) is 36.1 Å². The van der Waals surface area contributed by atoms with E-state index in [0.29, 0.717) is 11.7 Å². The van der Waals surface area contributed by atoms with Crippen molar-refractivity contribution in [1.29, 1.82) is 0 Å². The summed E-state index contributed by atoms with van der Waals surface area (Å²) in [6.45, 7) is 4.16. The van der Waals surface area contributed by atoms with Crippen LogP contribution in [0.4, 0.5) is 5.13 Å². The van der Waals surface area contributed by atoms with E-state index in [1.165, 1.54) is 16.9 Å². The fourth-order valence-electron chi connectivity index (χ4n) is 3.57. The molecule has 4 rings (SSSR count).